The highest BCUT2D eigenvalue weighted by Crippen LogP contribution is 2.41. The van der Waals surface area contributed by atoms with Crippen LogP contribution in [0.1, 0.15) is 42.5 Å². The summed E-state index contributed by atoms with van der Waals surface area (Å²) in [6.07, 6.45) is 8.16. The SMILES string of the molecule is COCCCN1C[C@H]2C[C@@H](C1)[C@H](CNC(=O)c1ccncc1)N1C(=O)CCC[C@@H]21. The number of hydrogen-bond acceptors (Lipinski definition) is 5. The number of piperidine rings is 3. The van der Waals surface area contributed by atoms with Crippen molar-refractivity contribution in [1.82, 2.24) is 20.1 Å². The number of ether oxygens (including phenoxy) is 1. The van der Waals surface area contributed by atoms with Crippen LogP contribution in [-0.4, -0.2) is 78.6 Å². The standard InChI is InChI=1S/C22H32N4O3/c1-29-11-3-10-25-14-17-12-18(15-25)20(26-19(17)4-2-5-21(26)27)13-24-22(28)16-6-8-23-9-7-16/h6-9,17-20H,2-5,10-15H2,1H3,(H,24,28)/t17-,18+,19+,20+/m1/s1. The van der Waals surface area contributed by atoms with Crippen LogP contribution in [0.2, 0.25) is 0 Å². The molecule has 0 unspecified atom stereocenters. The lowest BCUT2D eigenvalue weighted by atomic mass is 9.72. The zero-order valence-corrected chi connectivity index (χ0v) is 17.3. The van der Waals surface area contributed by atoms with E-state index in [9.17, 15) is 9.59 Å². The van der Waals surface area contributed by atoms with Crippen LogP contribution in [0.15, 0.2) is 24.5 Å². The molecule has 2 bridgehead atoms. The van der Waals surface area contributed by atoms with Crippen molar-refractivity contribution in [2.24, 2.45) is 11.8 Å². The maximum Gasteiger partial charge on any atom is 0.251 e. The monoisotopic (exact) mass is 400 g/mol. The van der Waals surface area contributed by atoms with Gasteiger partial charge in [-0.15, -0.1) is 0 Å². The lowest BCUT2D eigenvalue weighted by molar-refractivity contribution is -0.152. The number of pyridine rings is 1. The van der Waals surface area contributed by atoms with E-state index < -0.39 is 0 Å². The van der Waals surface area contributed by atoms with Crippen LogP contribution in [0.5, 0.6) is 0 Å². The van der Waals surface area contributed by atoms with Crippen molar-refractivity contribution in [3.63, 3.8) is 0 Å². The predicted octanol–water partition coefficient (Wildman–Crippen LogP) is 1.55. The van der Waals surface area contributed by atoms with E-state index in [1.807, 2.05) is 0 Å². The molecule has 3 saturated heterocycles. The Morgan fingerprint density at radius 3 is 2.86 bits per heavy atom. The second kappa shape index (κ2) is 9.22. The molecule has 0 radical (unpaired) electrons. The number of carbonyl (C=O) groups excluding carboxylic acids is 2. The second-order valence-corrected chi connectivity index (χ2v) is 8.64. The van der Waals surface area contributed by atoms with Gasteiger partial charge in [0.05, 0.1) is 6.04 Å². The third-order valence-corrected chi connectivity index (χ3v) is 6.81. The summed E-state index contributed by atoms with van der Waals surface area (Å²) in [7, 11) is 1.75. The molecule has 2 amide bonds. The van der Waals surface area contributed by atoms with Crippen molar-refractivity contribution in [3.05, 3.63) is 30.1 Å². The fraction of sp³-hybridized carbons (Fsp3) is 0.682. The van der Waals surface area contributed by atoms with Crippen molar-refractivity contribution in [1.29, 1.82) is 0 Å². The van der Waals surface area contributed by atoms with Crippen molar-refractivity contribution in [2.75, 3.05) is 39.9 Å². The van der Waals surface area contributed by atoms with Crippen LogP contribution in [-0.2, 0) is 9.53 Å². The lowest BCUT2D eigenvalue weighted by Crippen LogP contribution is -2.67. The minimum absolute atomic E-state index is 0.0834. The maximum absolute atomic E-state index is 12.9. The number of fused-ring (bicyclic) bond motifs is 4. The van der Waals surface area contributed by atoms with Crippen molar-refractivity contribution in [2.45, 2.75) is 44.2 Å². The second-order valence-electron chi connectivity index (χ2n) is 8.64. The summed E-state index contributed by atoms with van der Waals surface area (Å²) in [5.74, 6) is 1.13. The summed E-state index contributed by atoms with van der Waals surface area (Å²) < 4.78 is 5.22. The number of hydrogen-bond donors (Lipinski definition) is 1. The molecule has 7 nitrogen and oxygen atoms in total. The topological polar surface area (TPSA) is 74.8 Å². The van der Waals surface area contributed by atoms with E-state index in [4.69, 9.17) is 4.74 Å². The number of likely N-dealkylation sites (tertiary alicyclic amines) is 1. The molecule has 0 saturated carbocycles. The first kappa shape index (κ1) is 20.3. The summed E-state index contributed by atoms with van der Waals surface area (Å²) in [5.41, 5.74) is 0.611. The van der Waals surface area contributed by atoms with E-state index >= 15 is 0 Å². The van der Waals surface area contributed by atoms with Crippen LogP contribution < -0.4 is 5.32 Å². The third kappa shape index (κ3) is 4.46. The van der Waals surface area contributed by atoms with Gasteiger partial charge in [-0.25, -0.2) is 0 Å². The maximum atomic E-state index is 12.9. The van der Waals surface area contributed by atoms with Gasteiger partial charge in [-0.3, -0.25) is 14.6 Å². The number of carbonyl (C=O) groups is 2. The van der Waals surface area contributed by atoms with Crippen LogP contribution in [0.3, 0.4) is 0 Å². The number of aromatic nitrogens is 1. The van der Waals surface area contributed by atoms with Gasteiger partial charge in [0.1, 0.15) is 0 Å². The molecular formula is C22H32N4O3. The predicted molar refractivity (Wildman–Crippen MR) is 109 cm³/mol. The summed E-state index contributed by atoms with van der Waals surface area (Å²) in [6, 6.07) is 3.85. The zero-order chi connectivity index (χ0) is 20.2. The highest BCUT2D eigenvalue weighted by Gasteiger charge is 2.49. The van der Waals surface area contributed by atoms with Gasteiger partial charge >= 0.3 is 0 Å². The van der Waals surface area contributed by atoms with Gasteiger partial charge < -0.3 is 19.9 Å². The van der Waals surface area contributed by atoms with Crippen molar-refractivity contribution < 1.29 is 14.3 Å². The Morgan fingerprint density at radius 1 is 1.28 bits per heavy atom. The molecular weight excluding hydrogens is 368 g/mol. The van der Waals surface area contributed by atoms with Crippen molar-refractivity contribution >= 4 is 11.8 Å². The number of methoxy groups -OCH3 is 1. The third-order valence-electron chi connectivity index (χ3n) is 6.81. The molecule has 4 atom stereocenters. The van der Waals surface area contributed by atoms with Gasteiger partial charge in [-0.05, 0) is 49.7 Å². The Labute approximate surface area is 172 Å². The molecule has 7 heteroatoms. The van der Waals surface area contributed by atoms with E-state index in [1.165, 1.54) is 0 Å². The Bertz CT molecular complexity index is 713. The van der Waals surface area contributed by atoms with Gasteiger partial charge in [0, 0.05) is 70.3 Å². The highest BCUT2D eigenvalue weighted by atomic mass is 16.5. The van der Waals surface area contributed by atoms with Gasteiger partial charge in [0.25, 0.3) is 5.91 Å². The van der Waals surface area contributed by atoms with Crippen LogP contribution in [0.25, 0.3) is 0 Å². The molecule has 4 rings (SSSR count). The Kier molecular flexibility index (Phi) is 6.45. The number of amides is 2. The molecule has 3 fully saturated rings. The number of rotatable bonds is 7. The number of nitrogens with one attached hydrogen (secondary N) is 1. The first-order valence-corrected chi connectivity index (χ1v) is 10.9. The first-order valence-electron chi connectivity index (χ1n) is 10.9. The Balaban J connectivity index is 1.47. The molecule has 0 aliphatic carbocycles. The smallest absolute Gasteiger partial charge is 0.251 e. The molecule has 3 aliphatic rings. The molecule has 3 aliphatic heterocycles. The average molecular weight is 401 g/mol. The summed E-state index contributed by atoms with van der Waals surface area (Å²) >= 11 is 0. The molecule has 0 aromatic carbocycles. The minimum Gasteiger partial charge on any atom is -0.385 e. The van der Waals surface area contributed by atoms with E-state index in [0.29, 0.717) is 36.4 Å². The van der Waals surface area contributed by atoms with Gasteiger partial charge in [0.2, 0.25) is 5.91 Å². The van der Waals surface area contributed by atoms with E-state index in [0.717, 1.165) is 51.9 Å². The number of nitrogens with zero attached hydrogens (tertiary/aromatic N) is 3. The lowest BCUT2D eigenvalue weighted by Gasteiger charge is -2.56. The van der Waals surface area contributed by atoms with E-state index in [2.05, 4.69) is 20.1 Å². The molecule has 1 aromatic rings. The highest BCUT2D eigenvalue weighted by molar-refractivity contribution is 5.94. The first-order chi connectivity index (χ1) is 14.2. The fourth-order valence-corrected chi connectivity index (χ4v) is 5.55. The van der Waals surface area contributed by atoms with Gasteiger partial charge in [0.15, 0.2) is 0 Å². The fourth-order valence-electron chi connectivity index (χ4n) is 5.55. The van der Waals surface area contributed by atoms with Crippen LogP contribution >= 0.6 is 0 Å². The summed E-state index contributed by atoms with van der Waals surface area (Å²) in [4.78, 5) is 34.1. The normalized spacial score (nSPS) is 29.4. The Morgan fingerprint density at radius 2 is 2.07 bits per heavy atom. The molecule has 158 valence electrons. The molecule has 0 spiro atoms. The van der Waals surface area contributed by atoms with Gasteiger partial charge in [-0.1, -0.05) is 0 Å². The van der Waals surface area contributed by atoms with E-state index in [1.54, 1.807) is 31.6 Å². The Hall–Kier alpha value is -1.99. The minimum atomic E-state index is -0.0942. The quantitative estimate of drug-likeness (QED) is 0.703. The largest absolute Gasteiger partial charge is 0.385 e. The van der Waals surface area contributed by atoms with Crippen LogP contribution in [0, 0.1) is 11.8 Å². The van der Waals surface area contributed by atoms with Crippen molar-refractivity contribution in [3.8, 4) is 0 Å². The molecule has 1 aromatic heterocycles. The zero-order valence-electron chi connectivity index (χ0n) is 17.3. The molecule has 1 N–H and O–H groups in total. The molecule has 29 heavy (non-hydrogen) atoms. The molecule has 4 heterocycles. The summed E-state index contributed by atoms with van der Waals surface area (Å²) in [5, 5.41) is 3.09. The average Bonchev–Trinajstić information content (AvgIpc) is 2.75. The van der Waals surface area contributed by atoms with E-state index in [-0.39, 0.29) is 17.9 Å². The van der Waals surface area contributed by atoms with Gasteiger partial charge in [-0.2, -0.15) is 0 Å². The summed E-state index contributed by atoms with van der Waals surface area (Å²) in [6.45, 7) is 4.41. The van der Waals surface area contributed by atoms with Crippen LogP contribution in [0.4, 0.5) is 0 Å².